The summed E-state index contributed by atoms with van der Waals surface area (Å²) >= 11 is 0. The van der Waals surface area contributed by atoms with Gasteiger partial charge in [0.15, 0.2) is 18.9 Å². The van der Waals surface area contributed by atoms with Crippen LogP contribution >= 0.6 is 0 Å². The summed E-state index contributed by atoms with van der Waals surface area (Å²) in [5, 5.41) is 132. The Morgan fingerprint density at radius 3 is 1.86 bits per heavy atom. The van der Waals surface area contributed by atoms with E-state index in [1.54, 1.807) is 6.92 Å². The number of hydrogen-bond acceptors (Lipinski definition) is 22. The third kappa shape index (κ3) is 10.4. The van der Waals surface area contributed by atoms with Crippen LogP contribution in [0, 0.1) is 0 Å². The highest BCUT2D eigenvalue weighted by molar-refractivity contribution is 5.76. The second kappa shape index (κ2) is 20.5. The van der Waals surface area contributed by atoms with Crippen molar-refractivity contribution in [3.05, 3.63) is 0 Å². The fraction of sp³-hybridized carbons (Fsp3) is 0.909. The number of ether oxygens (including phenoxy) is 8. The van der Waals surface area contributed by atoms with Gasteiger partial charge in [-0.05, 0) is 13.8 Å². The Morgan fingerprint density at radius 2 is 1.31 bits per heavy atom. The van der Waals surface area contributed by atoms with E-state index in [9.17, 15) is 75.7 Å². The Hall–Kier alpha value is -2.35. The Bertz CT molecular complexity index is 1370. The highest BCUT2D eigenvalue weighted by atomic mass is 16.8. The number of aliphatic carboxylic acids is 1. The van der Waals surface area contributed by atoms with E-state index in [1.165, 1.54) is 6.92 Å². The molecule has 4 heterocycles. The van der Waals surface area contributed by atoms with Gasteiger partial charge in [0.25, 0.3) is 5.79 Å². The summed E-state index contributed by atoms with van der Waals surface area (Å²) in [6.07, 6.45) is -33.9. The predicted octanol–water partition coefficient (Wildman–Crippen LogP) is -8.18. The molecule has 0 aromatic heterocycles. The van der Waals surface area contributed by atoms with E-state index in [1.807, 2.05) is 0 Å². The molecular formula is C33H56N2O23. The van der Waals surface area contributed by atoms with E-state index in [-0.39, 0.29) is 6.61 Å². The summed E-state index contributed by atoms with van der Waals surface area (Å²) in [6.45, 7) is 2.10. The van der Waals surface area contributed by atoms with Crippen molar-refractivity contribution < 1.29 is 114 Å². The van der Waals surface area contributed by atoms with Crippen molar-refractivity contribution in [1.29, 1.82) is 0 Å². The van der Waals surface area contributed by atoms with Crippen LogP contribution in [0.5, 0.6) is 0 Å². The van der Waals surface area contributed by atoms with E-state index in [0.29, 0.717) is 0 Å². The maximum absolute atomic E-state index is 12.9. The summed E-state index contributed by atoms with van der Waals surface area (Å²) in [7, 11) is 0. The molecule has 0 spiro atoms. The minimum absolute atomic E-state index is 0.00826. The molecule has 0 aromatic rings. The SMILES string of the molecule is CCO[C@@H]1O[C@@H](CO)[C@@H](O[C@@H]2O[C@@H](CO)[C@H](O)[C@H](O[C@]3(C(=O)O)C[C@@H](O)[C@@H](NC(C)=O)[C@H]([C@H](O)[C@H](O)CO)O3)[C@@H]2O)[C@H](O[C@@H]2O[C@@H](C)[C@@H](O)[C@H](O)[C@@H]2O)[C@@H]1NC(C)=O. The van der Waals surface area contributed by atoms with Crippen molar-refractivity contribution in [3.8, 4) is 0 Å². The van der Waals surface area contributed by atoms with Crippen molar-refractivity contribution >= 4 is 17.8 Å². The standard InChI is InChI=1S/C33H56N2O23/c1-5-51-29-18(35-12(4)40)27(56-30-23(47)22(46)19(43)10(2)52-30)25(16(9-38)54-29)55-31-24(48)28(21(45)15(8-37)53-31)58-33(32(49)50)6-13(41)17(34-11(3)39)26(57-33)20(44)14(42)7-36/h10,13-31,36-38,41-48H,5-9H2,1-4H3,(H,34,39)(H,35,40)(H,49,50)/t10-,13+,14+,15-,16-,17+,18-,19+,20+,21-,22-,23-,24-,25+,26+,27+,28-,29+,30-,31-,33-/m0/s1. The zero-order valence-electron chi connectivity index (χ0n) is 31.9. The Kier molecular flexibility index (Phi) is 17.1. The van der Waals surface area contributed by atoms with Crippen LogP contribution in [0.15, 0.2) is 0 Å². The molecule has 21 atom stereocenters. The molecule has 4 saturated heterocycles. The molecule has 0 aliphatic carbocycles. The van der Waals surface area contributed by atoms with Crippen LogP contribution in [-0.4, -0.2) is 234 Å². The predicted molar refractivity (Wildman–Crippen MR) is 182 cm³/mol. The van der Waals surface area contributed by atoms with Gasteiger partial charge in [0.1, 0.15) is 85.4 Å². The molecule has 4 aliphatic rings. The number of rotatable bonds is 16. The Labute approximate surface area is 330 Å². The van der Waals surface area contributed by atoms with Crippen molar-refractivity contribution in [3.63, 3.8) is 0 Å². The van der Waals surface area contributed by atoms with Gasteiger partial charge in [0.2, 0.25) is 11.8 Å². The van der Waals surface area contributed by atoms with Gasteiger partial charge >= 0.3 is 5.97 Å². The molecule has 2 amide bonds. The van der Waals surface area contributed by atoms with Crippen molar-refractivity contribution in [2.24, 2.45) is 0 Å². The molecule has 25 nitrogen and oxygen atoms in total. The normalized spacial score (nSPS) is 44.5. The molecular weight excluding hydrogens is 792 g/mol. The number of carbonyl (C=O) groups is 3. The quantitative estimate of drug-likeness (QED) is 0.0686. The molecule has 4 rings (SSSR count). The summed E-state index contributed by atoms with van der Waals surface area (Å²) in [4.78, 5) is 37.3. The number of nitrogens with one attached hydrogen (secondary N) is 2. The van der Waals surface area contributed by atoms with Gasteiger partial charge in [-0.3, -0.25) is 9.59 Å². The lowest BCUT2D eigenvalue weighted by Gasteiger charge is -2.51. The summed E-state index contributed by atoms with van der Waals surface area (Å²) in [5.74, 6) is -6.55. The number of aliphatic hydroxyl groups excluding tert-OH is 11. The Morgan fingerprint density at radius 1 is 0.741 bits per heavy atom. The van der Waals surface area contributed by atoms with Gasteiger partial charge in [0, 0.05) is 26.9 Å². The van der Waals surface area contributed by atoms with E-state index in [0.717, 1.165) is 13.8 Å². The average molecular weight is 849 g/mol. The van der Waals surface area contributed by atoms with Crippen molar-refractivity contribution in [2.75, 3.05) is 26.4 Å². The molecule has 4 fully saturated rings. The van der Waals surface area contributed by atoms with Gasteiger partial charge in [-0.2, -0.15) is 0 Å². The van der Waals surface area contributed by atoms with Crippen molar-refractivity contribution in [2.45, 2.75) is 162 Å². The minimum atomic E-state index is -3.10. The number of carbonyl (C=O) groups excluding carboxylic acids is 2. The van der Waals surface area contributed by atoms with Crippen LogP contribution in [0.25, 0.3) is 0 Å². The molecule has 0 radical (unpaired) electrons. The number of carboxylic acids is 1. The zero-order valence-corrected chi connectivity index (χ0v) is 31.9. The molecule has 0 bridgehead atoms. The fourth-order valence-corrected chi connectivity index (χ4v) is 7.28. The highest BCUT2D eigenvalue weighted by Crippen LogP contribution is 2.39. The van der Waals surface area contributed by atoms with Crippen LogP contribution in [0.3, 0.4) is 0 Å². The molecule has 0 unspecified atom stereocenters. The lowest BCUT2D eigenvalue weighted by Crippen LogP contribution is -2.71. The fourth-order valence-electron chi connectivity index (χ4n) is 7.28. The van der Waals surface area contributed by atoms with E-state index in [4.69, 9.17) is 37.9 Å². The maximum atomic E-state index is 12.9. The Balaban J connectivity index is 1.73. The highest BCUT2D eigenvalue weighted by Gasteiger charge is 2.60. The monoisotopic (exact) mass is 848 g/mol. The summed E-state index contributed by atoms with van der Waals surface area (Å²) in [5.41, 5.74) is 0. The molecule has 336 valence electrons. The topological polar surface area (TPSA) is 392 Å². The third-order valence-electron chi connectivity index (χ3n) is 10.3. The van der Waals surface area contributed by atoms with Gasteiger partial charge in [0.05, 0.1) is 38.1 Å². The lowest BCUT2D eigenvalue weighted by atomic mass is 9.88. The maximum Gasteiger partial charge on any atom is 0.364 e. The summed E-state index contributed by atoms with van der Waals surface area (Å²) < 4.78 is 46.4. The van der Waals surface area contributed by atoms with E-state index < -0.39 is 172 Å². The first-order chi connectivity index (χ1) is 27.2. The molecule has 0 saturated carbocycles. The second-order valence-corrected chi connectivity index (χ2v) is 14.5. The largest absolute Gasteiger partial charge is 0.477 e. The average Bonchev–Trinajstić information content (AvgIpc) is 3.17. The first-order valence-electron chi connectivity index (χ1n) is 18.5. The summed E-state index contributed by atoms with van der Waals surface area (Å²) in [6, 6.07) is -2.97. The number of carboxylic acid groups (broad SMARTS) is 1. The molecule has 4 aliphatic heterocycles. The minimum Gasteiger partial charge on any atom is -0.477 e. The number of aliphatic hydroxyl groups is 11. The number of amides is 2. The van der Waals surface area contributed by atoms with Gasteiger partial charge in [-0.1, -0.05) is 0 Å². The van der Waals surface area contributed by atoms with Gasteiger partial charge in [-0.25, -0.2) is 4.79 Å². The van der Waals surface area contributed by atoms with Crippen LogP contribution in [0.2, 0.25) is 0 Å². The molecule has 14 N–H and O–H groups in total. The van der Waals surface area contributed by atoms with E-state index in [2.05, 4.69) is 10.6 Å². The smallest absolute Gasteiger partial charge is 0.364 e. The van der Waals surface area contributed by atoms with Crippen LogP contribution in [-0.2, 0) is 52.3 Å². The van der Waals surface area contributed by atoms with Gasteiger partial charge in [-0.15, -0.1) is 0 Å². The number of hydrogen-bond donors (Lipinski definition) is 14. The zero-order chi connectivity index (χ0) is 43.4. The van der Waals surface area contributed by atoms with Crippen LogP contribution in [0.4, 0.5) is 0 Å². The third-order valence-corrected chi connectivity index (χ3v) is 10.3. The molecule has 25 heteroatoms. The second-order valence-electron chi connectivity index (χ2n) is 14.5. The van der Waals surface area contributed by atoms with Crippen molar-refractivity contribution in [1.82, 2.24) is 10.6 Å². The molecule has 58 heavy (non-hydrogen) atoms. The lowest BCUT2D eigenvalue weighted by molar-refractivity contribution is -0.391. The van der Waals surface area contributed by atoms with Crippen LogP contribution in [0.1, 0.15) is 34.1 Å². The van der Waals surface area contributed by atoms with Crippen LogP contribution < -0.4 is 10.6 Å². The first kappa shape index (κ1) is 48.3. The van der Waals surface area contributed by atoms with Gasteiger partial charge < -0.3 is 110 Å². The first-order valence-corrected chi connectivity index (χ1v) is 18.5. The van der Waals surface area contributed by atoms with E-state index >= 15 is 0 Å². The molecule has 0 aromatic carbocycles.